The highest BCUT2D eigenvalue weighted by molar-refractivity contribution is 9.10. The lowest BCUT2D eigenvalue weighted by Crippen LogP contribution is -2.13. The Balaban J connectivity index is 2.30. The van der Waals surface area contributed by atoms with Crippen LogP contribution in [0.4, 0.5) is 15.8 Å². The van der Waals surface area contributed by atoms with Crippen molar-refractivity contribution in [2.45, 2.75) is 4.90 Å². The minimum atomic E-state index is -3.71. The molecule has 0 saturated heterocycles. The van der Waals surface area contributed by atoms with Crippen molar-refractivity contribution in [1.82, 2.24) is 0 Å². The molecule has 3 N–H and O–H groups in total. The lowest BCUT2D eigenvalue weighted by atomic mass is 10.3. The second-order valence-corrected chi connectivity index (χ2v) is 6.34. The number of hydrogen-bond donors (Lipinski definition) is 2. The number of hydrogen-bond acceptors (Lipinski definition) is 3. The molecule has 4 nitrogen and oxygen atoms in total. The Kier molecular flexibility index (Phi) is 3.77. The van der Waals surface area contributed by atoms with Crippen molar-refractivity contribution < 1.29 is 12.8 Å². The molecule has 0 radical (unpaired) electrons. The Hall–Kier alpha value is -1.60. The molecule has 0 aliphatic carbocycles. The summed E-state index contributed by atoms with van der Waals surface area (Å²) < 4.78 is 39.7. The van der Waals surface area contributed by atoms with Gasteiger partial charge >= 0.3 is 0 Å². The molecule has 0 fully saturated rings. The van der Waals surface area contributed by atoms with E-state index in [1.54, 1.807) is 0 Å². The highest BCUT2D eigenvalue weighted by Crippen LogP contribution is 2.22. The average molecular weight is 345 g/mol. The number of sulfonamides is 1. The van der Waals surface area contributed by atoms with E-state index in [1.807, 2.05) is 0 Å². The Bertz CT molecular complexity index is 702. The largest absolute Gasteiger partial charge is 0.399 e. The summed E-state index contributed by atoms with van der Waals surface area (Å²) in [5, 5.41) is 0. The smallest absolute Gasteiger partial charge is 0.261 e. The fraction of sp³-hybridized carbons (Fsp3) is 0. The third kappa shape index (κ3) is 3.24. The molecule has 100 valence electrons. The van der Waals surface area contributed by atoms with Gasteiger partial charge in [0.25, 0.3) is 10.0 Å². The van der Waals surface area contributed by atoms with Crippen molar-refractivity contribution in [3.05, 3.63) is 52.8 Å². The van der Waals surface area contributed by atoms with Gasteiger partial charge in [-0.05, 0) is 58.4 Å². The van der Waals surface area contributed by atoms with Crippen LogP contribution in [0, 0.1) is 5.82 Å². The van der Waals surface area contributed by atoms with Gasteiger partial charge in [-0.25, -0.2) is 12.8 Å². The number of nitrogens with two attached hydrogens (primary N) is 1. The molecule has 0 heterocycles. The molecule has 0 aromatic heterocycles. The van der Waals surface area contributed by atoms with Gasteiger partial charge in [0.15, 0.2) is 0 Å². The fourth-order valence-corrected chi connectivity index (χ4v) is 2.85. The first-order chi connectivity index (χ1) is 8.88. The third-order valence-electron chi connectivity index (χ3n) is 2.36. The van der Waals surface area contributed by atoms with Gasteiger partial charge in [0.05, 0.1) is 15.1 Å². The Morgan fingerprint density at radius 3 is 2.32 bits per heavy atom. The third-order valence-corrected chi connectivity index (χ3v) is 4.37. The minimum absolute atomic E-state index is 0.0853. The summed E-state index contributed by atoms with van der Waals surface area (Å²) in [6.45, 7) is 0. The maximum absolute atomic E-state index is 13.1. The highest BCUT2D eigenvalue weighted by Gasteiger charge is 2.14. The van der Waals surface area contributed by atoms with Crippen LogP contribution in [0.5, 0.6) is 0 Å². The van der Waals surface area contributed by atoms with E-state index >= 15 is 0 Å². The van der Waals surface area contributed by atoms with Gasteiger partial charge in [-0.3, -0.25) is 4.72 Å². The second-order valence-electron chi connectivity index (χ2n) is 3.80. The number of rotatable bonds is 3. The van der Waals surface area contributed by atoms with Crippen molar-refractivity contribution in [3.8, 4) is 0 Å². The predicted molar refractivity (Wildman–Crippen MR) is 75.8 cm³/mol. The first-order valence-electron chi connectivity index (χ1n) is 5.22. The van der Waals surface area contributed by atoms with Gasteiger partial charge in [-0.15, -0.1) is 0 Å². The van der Waals surface area contributed by atoms with Gasteiger partial charge in [0.1, 0.15) is 5.82 Å². The predicted octanol–water partition coefficient (Wildman–Crippen LogP) is 2.97. The molecule has 2 aromatic rings. The van der Waals surface area contributed by atoms with Crippen LogP contribution in [0.1, 0.15) is 0 Å². The maximum Gasteiger partial charge on any atom is 0.261 e. The standard InChI is InChI=1S/C12H10BrFN2O2S/c13-11-7-9(3-6-12(11)14)16-19(17,18)10-4-1-8(15)2-5-10/h1-7,16H,15H2. The maximum atomic E-state index is 13.1. The van der Waals surface area contributed by atoms with Crippen LogP contribution >= 0.6 is 15.9 Å². The van der Waals surface area contributed by atoms with Crippen LogP contribution in [0.15, 0.2) is 51.8 Å². The first-order valence-corrected chi connectivity index (χ1v) is 7.49. The van der Waals surface area contributed by atoms with Crippen molar-refractivity contribution in [2.24, 2.45) is 0 Å². The molecule has 0 atom stereocenters. The molecule has 19 heavy (non-hydrogen) atoms. The zero-order chi connectivity index (χ0) is 14.0. The Labute approximate surface area is 118 Å². The van der Waals surface area contributed by atoms with Crippen LogP contribution in [0.25, 0.3) is 0 Å². The molecule has 7 heteroatoms. The van der Waals surface area contributed by atoms with E-state index in [9.17, 15) is 12.8 Å². The summed E-state index contributed by atoms with van der Waals surface area (Å²) in [5.74, 6) is -0.463. The molecular formula is C12H10BrFN2O2S. The van der Waals surface area contributed by atoms with E-state index in [1.165, 1.54) is 42.5 Å². The summed E-state index contributed by atoms with van der Waals surface area (Å²) >= 11 is 2.99. The summed E-state index contributed by atoms with van der Waals surface area (Å²) in [7, 11) is -3.71. The number of benzene rings is 2. The first kappa shape index (κ1) is 13.8. The molecule has 2 aromatic carbocycles. The quantitative estimate of drug-likeness (QED) is 0.840. The molecule has 0 unspecified atom stereocenters. The lowest BCUT2D eigenvalue weighted by molar-refractivity contribution is 0.601. The van der Waals surface area contributed by atoms with E-state index in [0.29, 0.717) is 5.69 Å². The monoisotopic (exact) mass is 344 g/mol. The van der Waals surface area contributed by atoms with E-state index in [0.717, 1.165) is 0 Å². The zero-order valence-corrected chi connectivity index (χ0v) is 12.0. The van der Waals surface area contributed by atoms with E-state index in [4.69, 9.17) is 5.73 Å². The number of halogens is 2. The van der Waals surface area contributed by atoms with E-state index < -0.39 is 15.8 Å². The molecule has 0 amide bonds. The SMILES string of the molecule is Nc1ccc(S(=O)(=O)Nc2ccc(F)c(Br)c2)cc1. The summed E-state index contributed by atoms with van der Waals surface area (Å²) in [6, 6.07) is 9.65. The van der Waals surface area contributed by atoms with E-state index in [-0.39, 0.29) is 15.1 Å². The summed E-state index contributed by atoms with van der Waals surface area (Å²) in [4.78, 5) is 0.0853. The molecule has 2 rings (SSSR count). The van der Waals surface area contributed by atoms with Crippen LogP contribution < -0.4 is 10.5 Å². The topological polar surface area (TPSA) is 72.2 Å². The number of nitrogen functional groups attached to an aromatic ring is 1. The van der Waals surface area contributed by atoms with Gasteiger partial charge < -0.3 is 5.73 Å². The molecule has 0 aliphatic rings. The van der Waals surface area contributed by atoms with Crippen LogP contribution in [-0.4, -0.2) is 8.42 Å². The molecule has 0 bridgehead atoms. The van der Waals surface area contributed by atoms with Crippen molar-refractivity contribution >= 4 is 37.3 Å². The number of anilines is 2. The van der Waals surface area contributed by atoms with Crippen LogP contribution in [0.3, 0.4) is 0 Å². The number of nitrogens with one attached hydrogen (secondary N) is 1. The Morgan fingerprint density at radius 1 is 1.11 bits per heavy atom. The molecule has 0 aliphatic heterocycles. The van der Waals surface area contributed by atoms with Gasteiger partial charge in [0.2, 0.25) is 0 Å². The second kappa shape index (κ2) is 5.18. The summed E-state index contributed by atoms with van der Waals surface area (Å²) in [5.41, 5.74) is 6.24. The molecular weight excluding hydrogens is 335 g/mol. The van der Waals surface area contributed by atoms with Crippen LogP contribution in [0.2, 0.25) is 0 Å². The normalized spacial score (nSPS) is 11.3. The fourth-order valence-electron chi connectivity index (χ4n) is 1.42. The van der Waals surface area contributed by atoms with Gasteiger partial charge in [0, 0.05) is 5.69 Å². The van der Waals surface area contributed by atoms with Crippen molar-refractivity contribution in [2.75, 3.05) is 10.5 Å². The summed E-state index contributed by atoms with van der Waals surface area (Å²) in [6.07, 6.45) is 0. The highest BCUT2D eigenvalue weighted by atomic mass is 79.9. The van der Waals surface area contributed by atoms with Crippen molar-refractivity contribution in [1.29, 1.82) is 0 Å². The van der Waals surface area contributed by atoms with Crippen molar-refractivity contribution in [3.63, 3.8) is 0 Å². The Morgan fingerprint density at radius 2 is 1.74 bits per heavy atom. The average Bonchev–Trinajstić information content (AvgIpc) is 2.34. The minimum Gasteiger partial charge on any atom is -0.399 e. The van der Waals surface area contributed by atoms with E-state index in [2.05, 4.69) is 20.7 Å². The van der Waals surface area contributed by atoms with Gasteiger partial charge in [-0.1, -0.05) is 0 Å². The zero-order valence-electron chi connectivity index (χ0n) is 9.60. The molecule has 0 saturated carbocycles. The lowest BCUT2D eigenvalue weighted by Gasteiger charge is -2.08. The van der Waals surface area contributed by atoms with Gasteiger partial charge in [-0.2, -0.15) is 0 Å². The molecule has 0 spiro atoms. The van der Waals surface area contributed by atoms with Crippen LogP contribution in [-0.2, 0) is 10.0 Å².